The highest BCUT2D eigenvalue weighted by Crippen LogP contribution is 2.30. The van der Waals surface area contributed by atoms with Crippen LogP contribution in [0.3, 0.4) is 0 Å². The summed E-state index contributed by atoms with van der Waals surface area (Å²) in [5.41, 5.74) is 4.50. The summed E-state index contributed by atoms with van der Waals surface area (Å²) in [6.07, 6.45) is 3.33. The van der Waals surface area contributed by atoms with Gasteiger partial charge in [-0.1, -0.05) is 38.4 Å². The number of nitrogens with zero attached hydrogens (tertiary/aromatic N) is 5. The third-order valence-electron chi connectivity index (χ3n) is 5.58. The fourth-order valence-corrected chi connectivity index (χ4v) is 4.30. The van der Waals surface area contributed by atoms with Crippen LogP contribution in [0.5, 0.6) is 5.75 Å². The van der Waals surface area contributed by atoms with Crippen LogP contribution in [0.4, 0.5) is 0 Å². The van der Waals surface area contributed by atoms with Crippen molar-refractivity contribution in [2.45, 2.75) is 53.6 Å². The molecule has 0 radical (unpaired) electrons. The van der Waals surface area contributed by atoms with E-state index >= 15 is 0 Å². The maximum atomic E-state index is 13.4. The maximum Gasteiger partial charge on any atom is 0.273 e. The van der Waals surface area contributed by atoms with Crippen LogP contribution in [0.25, 0.3) is 17.1 Å². The number of halogens is 2. The second kappa shape index (κ2) is 10.1. The molecular formula is C27H27BrClN5O2. The van der Waals surface area contributed by atoms with Gasteiger partial charge in [0.25, 0.3) is 5.56 Å². The molecule has 0 N–H and O–H groups in total. The number of hydrogen-bond acceptors (Lipinski definition) is 6. The number of rotatable bonds is 5. The Hall–Kier alpha value is -3.10. The van der Waals surface area contributed by atoms with E-state index in [1.54, 1.807) is 18.3 Å². The fraction of sp³-hybridized carbons (Fsp3) is 0.296. The van der Waals surface area contributed by atoms with E-state index in [-0.39, 0.29) is 17.6 Å². The summed E-state index contributed by atoms with van der Waals surface area (Å²) in [5.74, 6) is 1.14. The molecule has 0 aliphatic heterocycles. The third-order valence-corrected chi connectivity index (χ3v) is 6.60. The first-order chi connectivity index (χ1) is 17.0. The quantitative estimate of drug-likeness (QED) is 0.281. The van der Waals surface area contributed by atoms with Crippen molar-refractivity contribution in [3.8, 4) is 22.8 Å². The predicted octanol–water partition coefficient (Wildman–Crippen LogP) is 6.30. The zero-order valence-electron chi connectivity index (χ0n) is 21.1. The van der Waals surface area contributed by atoms with Crippen LogP contribution in [0.15, 0.2) is 52.0 Å². The minimum absolute atomic E-state index is 0.222. The SMILES string of the molecule is Cc1cccc(COc2cc(C)n(-c3cc(-c4nc(C(C)(C)C)ncc4C)ncc3Cl)c(=O)c2Br)n1. The summed E-state index contributed by atoms with van der Waals surface area (Å²) < 4.78 is 7.76. The molecule has 0 aromatic carbocycles. The molecule has 0 amide bonds. The number of aryl methyl sites for hydroxylation is 3. The summed E-state index contributed by atoms with van der Waals surface area (Å²) in [7, 11) is 0. The topological polar surface area (TPSA) is 82.8 Å². The Morgan fingerprint density at radius 3 is 2.50 bits per heavy atom. The van der Waals surface area contributed by atoms with E-state index in [4.69, 9.17) is 21.3 Å². The van der Waals surface area contributed by atoms with Crippen LogP contribution in [0.2, 0.25) is 5.02 Å². The van der Waals surface area contributed by atoms with Crippen LogP contribution in [-0.4, -0.2) is 24.5 Å². The molecule has 4 heterocycles. The number of pyridine rings is 3. The fourth-order valence-electron chi connectivity index (χ4n) is 3.71. The second-order valence-corrected chi connectivity index (χ2v) is 10.9. The van der Waals surface area contributed by atoms with Crippen LogP contribution < -0.4 is 10.3 Å². The van der Waals surface area contributed by atoms with Gasteiger partial charge in [-0.3, -0.25) is 19.3 Å². The molecule has 0 bridgehead atoms. The van der Waals surface area contributed by atoms with E-state index in [0.717, 1.165) is 17.0 Å². The third kappa shape index (κ3) is 5.34. The summed E-state index contributed by atoms with van der Waals surface area (Å²) in [6.45, 7) is 12.1. The summed E-state index contributed by atoms with van der Waals surface area (Å²) in [4.78, 5) is 31.7. The average Bonchev–Trinajstić information content (AvgIpc) is 2.81. The van der Waals surface area contributed by atoms with Gasteiger partial charge < -0.3 is 4.74 Å². The molecule has 36 heavy (non-hydrogen) atoms. The van der Waals surface area contributed by atoms with Crippen molar-refractivity contribution >= 4 is 27.5 Å². The summed E-state index contributed by atoms with van der Waals surface area (Å²) in [5, 5.41) is 0.344. The lowest BCUT2D eigenvalue weighted by Gasteiger charge is -2.19. The molecule has 186 valence electrons. The average molecular weight is 569 g/mol. The maximum absolute atomic E-state index is 13.4. The van der Waals surface area contributed by atoms with Gasteiger partial charge in [0.15, 0.2) is 0 Å². The van der Waals surface area contributed by atoms with Crippen molar-refractivity contribution in [3.63, 3.8) is 0 Å². The van der Waals surface area contributed by atoms with E-state index in [0.29, 0.717) is 43.8 Å². The first-order valence-electron chi connectivity index (χ1n) is 11.4. The normalized spacial score (nSPS) is 11.6. The van der Waals surface area contributed by atoms with E-state index < -0.39 is 0 Å². The zero-order valence-corrected chi connectivity index (χ0v) is 23.4. The smallest absolute Gasteiger partial charge is 0.273 e. The molecule has 0 atom stereocenters. The first-order valence-corrected chi connectivity index (χ1v) is 12.6. The van der Waals surface area contributed by atoms with E-state index in [2.05, 4.69) is 51.7 Å². The Kier molecular flexibility index (Phi) is 7.29. The van der Waals surface area contributed by atoms with Crippen LogP contribution in [-0.2, 0) is 12.0 Å². The molecular weight excluding hydrogens is 542 g/mol. The van der Waals surface area contributed by atoms with Gasteiger partial charge >= 0.3 is 0 Å². The predicted molar refractivity (Wildman–Crippen MR) is 145 cm³/mol. The monoisotopic (exact) mass is 567 g/mol. The van der Waals surface area contributed by atoms with Crippen molar-refractivity contribution in [2.75, 3.05) is 0 Å². The van der Waals surface area contributed by atoms with E-state index in [1.165, 1.54) is 10.8 Å². The number of hydrogen-bond donors (Lipinski definition) is 0. The zero-order chi connectivity index (χ0) is 26.2. The highest BCUT2D eigenvalue weighted by Gasteiger charge is 2.21. The van der Waals surface area contributed by atoms with Crippen molar-refractivity contribution in [1.29, 1.82) is 0 Å². The van der Waals surface area contributed by atoms with Gasteiger partial charge in [0.05, 0.1) is 27.8 Å². The van der Waals surface area contributed by atoms with Crippen molar-refractivity contribution in [2.24, 2.45) is 0 Å². The van der Waals surface area contributed by atoms with Gasteiger partial charge in [-0.05, 0) is 60.5 Å². The summed E-state index contributed by atoms with van der Waals surface area (Å²) in [6, 6.07) is 9.30. The Morgan fingerprint density at radius 2 is 1.81 bits per heavy atom. The van der Waals surface area contributed by atoms with Crippen molar-refractivity contribution < 1.29 is 4.74 Å². The second-order valence-electron chi connectivity index (χ2n) is 9.66. The van der Waals surface area contributed by atoms with Gasteiger partial charge in [-0.25, -0.2) is 9.97 Å². The van der Waals surface area contributed by atoms with Gasteiger partial charge in [0.1, 0.15) is 22.7 Å². The highest BCUT2D eigenvalue weighted by molar-refractivity contribution is 9.10. The molecule has 0 saturated heterocycles. The minimum Gasteiger partial charge on any atom is -0.486 e. The largest absolute Gasteiger partial charge is 0.486 e. The molecule has 4 aromatic heterocycles. The van der Waals surface area contributed by atoms with E-state index in [1.807, 2.05) is 39.0 Å². The standard InChI is InChI=1S/C27H27BrClN5O2/c1-15-12-31-26(27(4,5)6)33-24(15)20-11-21(19(29)13-30-20)34-17(3)10-22(23(28)25(34)35)36-14-18-9-7-8-16(2)32-18/h7-13H,14H2,1-6H3. The molecule has 9 heteroatoms. The lowest BCUT2D eigenvalue weighted by atomic mass is 9.95. The molecule has 0 spiro atoms. The lowest BCUT2D eigenvalue weighted by Crippen LogP contribution is -2.22. The Morgan fingerprint density at radius 1 is 1.06 bits per heavy atom. The van der Waals surface area contributed by atoms with Gasteiger partial charge in [-0.15, -0.1) is 0 Å². The van der Waals surface area contributed by atoms with Crippen molar-refractivity contribution in [3.05, 3.63) is 91.0 Å². The molecule has 0 aliphatic rings. The number of aromatic nitrogens is 5. The number of ether oxygens (including phenoxy) is 1. The van der Waals surface area contributed by atoms with Crippen molar-refractivity contribution in [1.82, 2.24) is 24.5 Å². The molecule has 7 nitrogen and oxygen atoms in total. The van der Waals surface area contributed by atoms with Crippen LogP contribution in [0, 0.1) is 20.8 Å². The minimum atomic E-state index is -0.295. The van der Waals surface area contributed by atoms with Crippen LogP contribution in [0.1, 0.15) is 49.2 Å². The molecule has 0 saturated carbocycles. The van der Waals surface area contributed by atoms with Gasteiger partial charge in [0, 0.05) is 35.3 Å². The Labute approximate surface area is 223 Å². The highest BCUT2D eigenvalue weighted by atomic mass is 79.9. The van der Waals surface area contributed by atoms with E-state index in [9.17, 15) is 4.79 Å². The summed E-state index contributed by atoms with van der Waals surface area (Å²) >= 11 is 9.97. The van der Waals surface area contributed by atoms with Gasteiger partial charge in [-0.2, -0.15) is 0 Å². The van der Waals surface area contributed by atoms with Gasteiger partial charge in [0.2, 0.25) is 0 Å². The first kappa shape index (κ1) is 26.0. The van der Waals surface area contributed by atoms with Crippen LogP contribution >= 0.6 is 27.5 Å². The molecule has 0 unspecified atom stereocenters. The Balaban J connectivity index is 1.75. The molecule has 0 fully saturated rings. The molecule has 0 aliphatic carbocycles. The Bertz CT molecular complexity index is 1510. The molecule has 4 aromatic rings. The molecule has 4 rings (SSSR count). The lowest BCUT2D eigenvalue weighted by molar-refractivity contribution is 0.298.